The Hall–Kier alpha value is -3.68. The van der Waals surface area contributed by atoms with Crippen LogP contribution in [0.3, 0.4) is 0 Å². The Morgan fingerprint density at radius 2 is 1.58 bits per heavy atom. The van der Waals surface area contributed by atoms with Crippen molar-refractivity contribution in [2.24, 2.45) is 15.9 Å². The predicted octanol–water partition coefficient (Wildman–Crippen LogP) is 7.67. The average Bonchev–Trinajstić information content (AvgIpc) is 2.97. The topological polar surface area (TPSA) is 97.9 Å². The predicted molar refractivity (Wildman–Crippen MR) is 175 cm³/mol. The molecule has 7 nitrogen and oxygen atoms in total. The van der Waals surface area contributed by atoms with Crippen LogP contribution in [0.4, 0.5) is 5.69 Å². The fraction of sp³-hybridized carbons (Fsp3) is 0.444. The van der Waals surface area contributed by atoms with Gasteiger partial charge in [-0.15, -0.1) is 0 Å². The summed E-state index contributed by atoms with van der Waals surface area (Å²) < 4.78 is 5.67. The van der Waals surface area contributed by atoms with Gasteiger partial charge in [-0.25, -0.2) is 9.98 Å². The number of unbranched alkanes of at least 4 members (excludes halogenated alkanes) is 1. The van der Waals surface area contributed by atoms with Gasteiger partial charge in [0, 0.05) is 11.8 Å². The van der Waals surface area contributed by atoms with Crippen molar-refractivity contribution >= 4 is 17.9 Å². The zero-order chi connectivity index (χ0) is 31.1. The van der Waals surface area contributed by atoms with Gasteiger partial charge in [-0.3, -0.25) is 4.90 Å². The molecule has 4 unspecified atom stereocenters. The Bertz CT molecular complexity index is 1450. The molecule has 1 heterocycles. The van der Waals surface area contributed by atoms with Crippen LogP contribution in [0.2, 0.25) is 0 Å². The Balaban J connectivity index is 1.59. The molecule has 0 spiro atoms. The van der Waals surface area contributed by atoms with E-state index in [0.717, 1.165) is 53.6 Å². The number of ether oxygens (including phenoxy) is 1. The first-order chi connectivity index (χ1) is 20.6. The molecule has 0 fully saturated rings. The third-order valence-corrected chi connectivity index (χ3v) is 8.39. The molecule has 3 N–H and O–H groups in total. The number of aliphatic hydroxyl groups is 2. The zero-order valence-corrected chi connectivity index (χ0v) is 26.4. The van der Waals surface area contributed by atoms with Crippen molar-refractivity contribution in [2.75, 3.05) is 4.90 Å². The number of aliphatic imine (C=N–C) groups is 2. The van der Waals surface area contributed by atoms with Crippen LogP contribution in [0.25, 0.3) is 0 Å². The fourth-order valence-corrected chi connectivity index (χ4v) is 5.84. The van der Waals surface area contributed by atoms with E-state index in [1.165, 1.54) is 18.1 Å². The van der Waals surface area contributed by atoms with E-state index in [-0.39, 0.29) is 17.7 Å². The number of rotatable bonds is 13. The maximum atomic E-state index is 11.2. The van der Waals surface area contributed by atoms with Crippen LogP contribution in [0.5, 0.6) is 11.5 Å². The highest BCUT2D eigenvalue weighted by atomic mass is 16.6. The Labute approximate surface area is 256 Å². The number of amidine groups is 1. The van der Waals surface area contributed by atoms with Gasteiger partial charge in [0.15, 0.2) is 6.17 Å². The molecule has 0 aromatic heterocycles. The standard InChI is InChI=1S/C36H47N3O4/c1-7-9-10-27(8-2)13-18-32(40)36(42)43-28-14-16-30(33(41)21-28)35-38-22-37-34(29-15-11-23(3)19-25(29)5)39(35)31-17-12-24(4)20-26(31)6/h11-12,14-17,19-22,27,32,34,36,40-42H,7-10,13,18H2,1-6H3. The van der Waals surface area contributed by atoms with Crippen LogP contribution >= 0.6 is 0 Å². The minimum absolute atomic E-state index is 0.0482. The van der Waals surface area contributed by atoms with Gasteiger partial charge in [-0.2, -0.15) is 0 Å². The summed E-state index contributed by atoms with van der Waals surface area (Å²) in [5.74, 6) is 1.29. The van der Waals surface area contributed by atoms with E-state index in [2.05, 4.69) is 87.8 Å². The minimum atomic E-state index is -1.39. The van der Waals surface area contributed by atoms with E-state index in [0.29, 0.717) is 23.7 Å². The number of phenols is 1. The lowest BCUT2D eigenvalue weighted by Crippen LogP contribution is -2.38. The van der Waals surface area contributed by atoms with Gasteiger partial charge in [-0.1, -0.05) is 81.0 Å². The number of hydrogen-bond acceptors (Lipinski definition) is 7. The lowest BCUT2D eigenvalue weighted by molar-refractivity contribution is -0.107. The summed E-state index contributed by atoms with van der Waals surface area (Å²) in [6, 6.07) is 17.5. The second-order valence-electron chi connectivity index (χ2n) is 11.9. The molecule has 3 aromatic carbocycles. The number of aryl methyl sites for hydroxylation is 4. The number of hydrogen-bond donors (Lipinski definition) is 3. The third-order valence-electron chi connectivity index (χ3n) is 8.39. The highest BCUT2D eigenvalue weighted by molar-refractivity contribution is 6.15. The van der Waals surface area contributed by atoms with Crippen LogP contribution in [0.15, 0.2) is 64.6 Å². The molecule has 1 aliphatic rings. The highest BCUT2D eigenvalue weighted by Gasteiger charge is 2.31. The monoisotopic (exact) mass is 585 g/mol. The van der Waals surface area contributed by atoms with E-state index in [1.807, 2.05) is 0 Å². The molecule has 4 rings (SSSR count). The van der Waals surface area contributed by atoms with Crippen molar-refractivity contribution in [3.05, 3.63) is 88.0 Å². The Morgan fingerprint density at radius 1 is 0.860 bits per heavy atom. The molecular formula is C36H47N3O4. The molecule has 0 aliphatic carbocycles. The average molecular weight is 586 g/mol. The molecule has 0 amide bonds. The van der Waals surface area contributed by atoms with Crippen molar-refractivity contribution in [3.63, 3.8) is 0 Å². The van der Waals surface area contributed by atoms with Gasteiger partial charge < -0.3 is 20.1 Å². The van der Waals surface area contributed by atoms with Gasteiger partial charge in [0.05, 0.1) is 5.56 Å². The van der Waals surface area contributed by atoms with Crippen LogP contribution < -0.4 is 9.64 Å². The first-order valence-corrected chi connectivity index (χ1v) is 15.5. The molecule has 230 valence electrons. The summed E-state index contributed by atoms with van der Waals surface area (Å²) in [7, 11) is 0. The van der Waals surface area contributed by atoms with Crippen molar-refractivity contribution < 1.29 is 20.1 Å². The van der Waals surface area contributed by atoms with Crippen LogP contribution in [-0.4, -0.2) is 39.9 Å². The molecule has 0 saturated carbocycles. The quantitative estimate of drug-likeness (QED) is 0.179. The van der Waals surface area contributed by atoms with Gasteiger partial charge >= 0.3 is 0 Å². The van der Waals surface area contributed by atoms with Gasteiger partial charge in [0.1, 0.15) is 29.8 Å². The van der Waals surface area contributed by atoms with E-state index >= 15 is 0 Å². The highest BCUT2D eigenvalue weighted by Crippen LogP contribution is 2.38. The van der Waals surface area contributed by atoms with E-state index in [1.54, 1.807) is 18.5 Å². The number of aliphatic hydroxyl groups excluding tert-OH is 2. The second-order valence-corrected chi connectivity index (χ2v) is 11.9. The molecule has 0 bridgehead atoms. The number of nitrogens with zero attached hydrogens (tertiary/aromatic N) is 3. The third kappa shape index (κ3) is 7.84. The van der Waals surface area contributed by atoms with Gasteiger partial charge in [0.2, 0.25) is 6.29 Å². The molecule has 0 saturated heterocycles. The molecule has 4 atom stereocenters. The number of benzene rings is 3. The first-order valence-electron chi connectivity index (χ1n) is 15.5. The lowest BCUT2D eigenvalue weighted by atomic mass is 9.93. The summed E-state index contributed by atoms with van der Waals surface area (Å²) in [4.78, 5) is 11.5. The second kappa shape index (κ2) is 14.7. The number of aromatic hydroxyl groups is 1. The molecule has 0 radical (unpaired) electrons. The maximum Gasteiger partial charge on any atom is 0.223 e. The van der Waals surface area contributed by atoms with Crippen molar-refractivity contribution in [1.29, 1.82) is 0 Å². The molecule has 1 aliphatic heterocycles. The fourth-order valence-electron chi connectivity index (χ4n) is 5.84. The Kier molecular flexibility index (Phi) is 11.0. The number of phenolic OH excluding ortho intramolecular Hbond substituents is 1. The molecule has 7 heteroatoms. The normalized spacial score (nSPS) is 17.0. The van der Waals surface area contributed by atoms with Gasteiger partial charge in [0.25, 0.3) is 0 Å². The van der Waals surface area contributed by atoms with Crippen molar-refractivity contribution in [1.82, 2.24) is 0 Å². The van der Waals surface area contributed by atoms with E-state index in [9.17, 15) is 15.3 Å². The summed E-state index contributed by atoms with van der Waals surface area (Å²) in [5.41, 5.74) is 7.00. The van der Waals surface area contributed by atoms with Crippen LogP contribution in [-0.2, 0) is 0 Å². The van der Waals surface area contributed by atoms with Crippen LogP contribution in [0.1, 0.15) is 91.9 Å². The summed E-state index contributed by atoms with van der Waals surface area (Å²) in [5, 5.41) is 32.4. The maximum absolute atomic E-state index is 11.2. The number of anilines is 1. The summed E-state index contributed by atoms with van der Waals surface area (Å²) in [6.45, 7) is 12.6. The molecular weight excluding hydrogens is 538 g/mol. The largest absolute Gasteiger partial charge is 0.507 e. The Morgan fingerprint density at radius 3 is 2.23 bits per heavy atom. The summed E-state index contributed by atoms with van der Waals surface area (Å²) >= 11 is 0. The first kappa shape index (κ1) is 32.2. The van der Waals surface area contributed by atoms with E-state index < -0.39 is 12.4 Å². The smallest absolute Gasteiger partial charge is 0.223 e. The molecule has 3 aromatic rings. The van der Waals surface area contributed by atoms with Crippen molar-refractivity contribution in [2.45, 2.75) is 98.6 Å². The zero-order valence-electron chi connectivity index (χ0n) is 26.4. The van der Waals surface area contributed by atoms with Gasteiger partial charge in [-0.05, 0) is 81.3 Å². The molecule has 43 heavy (non-hydrogen) atoms. The SMILES string of the molecule is CCCCC(CC)CCC(O)C(O)Oc1ccc(C2=NC=NC(c3ccc(C)cc3C)N2c2ccc(C)cc2C)c(O)c1. The van der Waals surface area contributed by atoms with Crippen molar-refractivity contribution in [3.8, 4) is 11.5 Å². The lowest BCUT2D eigenvalue weighted by Gasteiger charge is -2.36. The van der Waals surface area contributed by atoms with Crippen LogP contribution in [0, 0.1) is 33.6 Å². The minimum Gasteiger partial charge on any atom is -0.507 e. The summed E-state index contributed by atoms with van der Waals surface area (Å²) in [6.07, 6.45) is 4.54. The van der Waals surface area contributed by atoms with E-state index in [4.69, 9.17) is 9.73 Å².